The fourth-order valence-electron chi connectivity index (χ4n) is 2.31. The van der Waals surface area contributed by atoms with Crippen molar-refractivity contribution in [1.82, 2.24) is 10.2 Å². The van der Waals surface area contributed by atoms with Crippen LogP contribution in [0.3, 0.4) is 0 Å². The minimum atomic E-state index is 0. The van der Waals surface area contributed by atoms with Crippen molar-refractivity contribution in [2.75, 3.05) is 39.9 Å². The maximum absolute atomic E-state index is 5.49. The monoisotopic (exact) mass is 411 g/mol. The zero-order valence-corrected chi connectivity index (χ0v) is 16.6. The van der Waals surface area contributed by atoms with E-state index in [4.69, 9.17) is 9.73 Å². The number of nitrogens with one attached hydrogen (secondary N) is 1. The summed E-state index contributed by atoms with van der Waals surface area (Å²) in [4.78, 5) is 7.11. The number of hydrogen-bond acceptors (Lipinski definition) is 2. The van der Waals surface area contributed by atoms with Gasteiger partial charge in [0.25, 0.3) is 0 Å². The molecule has 4 nitrogen and oxygen atoms in total. The molecule has 0 heterocycles. The molecule has 21 heavy (non-hydrogen) atoms. The average Bonchev–Trinajstić information content (AvgIpc) is 3.21. The molecule has 5 heteroatoms. The maximum Gasteiger partial charge on any atom is 0.193 e. The normalized spacial score (nSPS) is 16.3. The second-order valence-electron chi connectivity index (χ2n) is 5.89. The molecular weight excluding hydrogens is 377 g/mol. The highest BCUT2D eigenvalue weighted by molar-refractivity contribution is 14.0. The lowest BCUT2D eigenvalue weighted by atomic mass is 10.0. The van der Waals surface area contributed by atoms with Crippen LogP contribution in [0.1, 0.15) is 52.9 Å². The quantitative estimate of drug-likeness (QED) is 0.259. The fourth-order valence-corrected chi connectivity index (χ4v) is 2.31. The van der Waals surface area contributed by atoms with Crippen molar-refractivity contribution in [3.8, 4) is 0 Å². The van der Waals surface area contributed by atoms with Crippen molar-refractivity contribution >= 4 is 29.9 Å². The van der Waals surface area contributed by atoms with Crippen LogP contribution in [0.5, 0.6) is 0 Å². The van der Waals surface area contributed by atoms with E-state index in [9.17, 15) is 0 Å². The summed E-state index contributed by atoms with van der Waals surface area (Å²) in [7, 11) is 2.14. The van der Waals surface area contributed by atoms with Crippen LogP contribution in [-0.4, -0.2) is 50.8 Å². The summed E-state index contributed by atoms with van der Waals surface area (Å²) in [6.45, 7) is 11.1. The van der Waals surface area contributed by atoms with Crippen LogP contribution in [0, 0.1) is 5.41 Å². The summed E-state index contributed by atoms with van der Waals surface area (Å²) in [5, 5.41) is 3.40. The molecule has 1 fully saturated rings. The standard InChI is InChI=1S/C16H33N3O.HI/c1-5-8-12-19(4)15(17-6-2)18-14-16(9-10-16)11-13-20-7-3;/h5-14H2,1-4H3,(H,17,18);1H. The molecule has 1 aliphatic rings. The number of nitrogens with zero attached hydrogens (tertiary/aromatic N) is 2. The SMILES string of the molecule is CCCCN(C)C(=NCC1(CCOCC)CC1)NCC.I. The predicted molar refractivity (Wildman–Crippen MR) is 102 cm³/mol. The molecule has 126 valence electrons. The Kier molecular flexibility index (Phi) is 11.5. The first-order chi connectivity index (χ1) is 9.67. The zero-order valence-electron chi connectivity index (χ0n) is 14.3. The highest BCUT2D eigenvalue weighted by atomic mass is 127. The Morgan fingerprint density at radius 2 is 2.00 bits per heavy atom. The molecule has 1 saturated carbocycles. The van der Waals surface area contributed by atoms with Gasteiger partial charge in [-0.1, -0.05) is 13.3 Å². The van der Waals surface area contributed by atoms with E-state index in [1.165, 1.54) is 25.7 Å². The third-order valence-electron chi connectivity index (χ3n) is 4.05. The van der Waals surface area contributed by atoms with Crippen molar-refractivity contribution in [3.05, 3.63) is 0 Å². The largest absolute Gasteiger partial charge is 0.382 e. The lowest BCUT2D eigenvalue weighted by Gasteiger charge is -2.23. The maximum atomic E-state index is 5.49. The summed E-state index contributed by atoms with van der Waals surface area (Å²) >= 11 is 0. The van der Waals surface area contributed by atoms with Crippen LogP contribution in [0.2, 0.25) is 0 Å². The molecular formula is C16H34IN3O. The molecule has 0 atom stereocenters. The Morgan fingerprint density at radius 3 is 2.52 bits per heavy atom. The lowest BCUT2D eigenvalue weighted by Crippen LogP contribution is -2.39. The van der Waals surface area contributed by atoms with E-state index in [1.54, 1.807) is 0 Å². The van der Waals surface area contributed by atoms with E-state index in [0.29, 0.717) is 5.41 Å². The first-order valence-corrected chi connectivity index (χ1v) is 8.24. The molecule has 0 aromatic heterocycles. The van der Waals surface area contributed by atoms with Gasteiger partial charge in [0.05, 0.1) is 0 Å². The molecule has 0 bridgehead atoms. The van der Waals surface area contributed by atoms with Crippen molar-refractivity contribution in [2.24, 2.45) is 10.4 Å². The van der Waals surface area contributed by atoms with Gasteiger partial charge in [-0.15, -0.1) is 24.0 Å². The number of unbranched alkanes of at least 4 members (excludes halogenated alkanes) is 1. The van der Waals surface area contributed by atoms with Crippen LogP contribution >= 0.6 is 24.0 Å². The van der Waals surface area contributed by atoms with E-state index in [-0.39, 0.29) is 24.0 Å². The second kappa shape index (κ2) is 11.5. The number of rotatable bonds is 10. The van der Waals surface area contributed by atoms with E-state index in [1.807, 2.05) is 0 Å². The van der Waals surface area contributed by atoms with E-state index in [0.717, 1.165) is 45.2 Å². The summed E-state index contributed by atoms with van der Waals surface area (Å²) < 4.78 is 5.49. The number of guanidine groups is 1. The Labute approximate surface area is 148 Å². The highest BCUT2D eigenvalue weighted by Crippen LogP contribution is 2.49. The number of ether oxygens (including phenoxy) is 1. The van der Waals surface area contributed by atoms with Gasteiger partial charge in [-0.3, -0.25) is 4.99 Å². The first-order valence-electron chi connectivity index (χ1n) is 8.24. The van der Waals surface area contributed by atoms with Gasteiger partial charge in [0.1, 0.15) is 0 Å². The fraction of sp³-hybridized carbons (Fsp3) is 0.938. The summed E-state index contributed by atoms with van der Waals surface area (Å²) in [6, 6.07) is 0. The molecule has 0 aromatic carbocycles. The van der Waals surface area contributed by atoms with Crippen molar-refractivity contribution < 1.29 is 4.74 Å². The van der Waals surface area contributed by atoms with Crippen LogP contribution in [0.15, 0.2) is 4.99 Å². The van der Waals surface area contributed by atoms with Crippen LogP contribution in [-0.2, 0) is 4.74 Å². The molecule has 0 spiro atoms. The average molecular weight is 411 g/mol. The van der Waals surface area contributed by atoms with E-state index in [2.05, 4.69) is 38.0 Å². The van der Waals surface area contributed by atoms with Crippen molar-refractivity contribution in [1.29, 1.82) is 0 Å². The molecule has 0 aromatic rings. The first kappa shape index (κ1) is 21.0. The van der Waals surface area contributed by atoms with Gasteiger partial charge in [-0.05, 0) is 44.9 Å². The highest BCUT2D eigenvalue weighted by Gasteiger charge is 2.41. The van der Waals surface area contributed by atoms with Gasteiger partial charge < -0.3 is 15.0 Å². The molecule has 0 unspecified atom stereocenters. The van der Waals surface area contributed by atoms with Gasteiger partial charge in [0, 0.05) is 39.9 Å². The Bertz CT molecular complexity index is 293. The van der Waals surface area contributed by atoms with E-state index < -0.39 is 0 Å². The van der Waals surface area contributed by atoms with Crippen LogP contribution < -0.4 is 5.32 Å². The molecule has 1 aliphatic carbocycles. The van der Waals surface area contributed by atoms with Crippen LogP contribution in [0.25, 0.3) is 0 Å². The predicted octanol–water partition coefficient (Wildman–Crippen LogP) is 3.51. The molecule has 1 N–H and O–H groups in total. The van der Waals surface area contributed by atoms with E-state index >= 15 is 0 Å². The smallest absolute Gasteiger partial charge is 0.193 e. The Morgan fingerprint density at radius 1 is 1.29 bits per heavy atom. The lowest BCUT2D eigenvalue weighted by molar-refractivity contribution is 0.129. The van der Waals surface area contributed by atoms with Gasteiger partial charge in [0.2, 0.25) is 0 Å². The second-order valence-corrected chi connectivity index (χ2v) is 5.89. The minimum Gasteiger partial charge on any atom is -0.382 e. The molecule has 1 rings (SSSR count). The van der Waals surface area contributed by atoms with Gasteiger partial charge in [-0.2, -0.15) is 0 Å². The number of halogens is 1. The van der Waals surface area contributed by atoms with Gasteiger partial charge >= 0.3 is 0 Å². The summed E-state index contributed by atoms with van der Waals surface area (Å²) in [5.74, 6) is 1.06. The Hall–Kier alpha value is -0.0400. The van der Waals surface area contributed by atoms with Crippen molar-refractivity contribution in [2.45, 2.75) is 52.9 Å². The number of aliphatic imine (C=N–C) groups is 1. The summed E-state index contributed by atoms with van der Waals surface area (Å²) in [5.41, 5.74) is 0.432. The van der Waals surface area contributed by atoms with Gasteiger partial charge in [0.15, 0.2) is 5.96 Å². The topological polar surface area (TPSA) is 36.9 Å². The van der Waals surface area contributed by atoms with Gasteiger partial charge in [-0.25, -0.2) is 0 Å². The number of hydrogen-bond donors (Lipinski definition) is 1. The van der Waals surface area contributed by atoms with Crippen LogP contribution in [0.4, 0.5) is 0 Å². The minimum absolute atomic E-state index is 0. The zero-order chi connectivity index (χ0) is 14.8. The summed E-state index contributed by atoms with van der Waals surface area (Å²) in [6.07, 6.45) is 6.21. The molecule has 0 radical (unpaired) electrons. The Balaban J connectivity index is 0.00000400. The third-order valence-corrected chi connectivity index (χ3v) is 4.05. The molecule has 0 amide bonds. The third kappa shape index (κ3) is 8.24. The molecule has 0 aliphatic heterocycles. The molecule has 0 saturated heterocycles. The van der Waals surface area contributed by atoms with Crippen molar-refractivity contribution in [3.63, 3.8) is 0 Å².